The molecular weight excluding hydrogens is 909 g/mol. The predicted octanol–water partition coefficient (Wildman–Crippen LogP) is 18.5. The molecule has 0 radical (unpaired) electrons. The minimum atomic E-state index is 0.663. The van der Waals surface area contributed by atoms with Crippen LogP contribution in [0.4, 0.5) is 0 Å². The Balaban J connectivity index is 0.00000267. The van der Waals surface area contributed by atoms with Crippen molar-refractivity contribution < 1.29 is 0 Å². The summed E-state index contributed by atoms with van der Waals surface area (Å²) in [4.78, 5) is 14.9. The van der Waals surface area contributed by atoms with Crippen molar-refractivity contribution in [2.24, 2.45) is 5.73 Å². The number of fused-ring (bicyclic) bond motifs is 7. The summed E-state index contributed by atoms with van der Waals surface area (Å²) >= 11 is 0. The van der Waals surface area contributed by atoms with E-state index in [1.54, 1.807) is 0 Å². The Hall–Kier alpha value is -9.25. The zero-order chi connectivity index (χ0) is 50.7. The Kier molecular flexibility index (Phi) is 11.3. The fourth-order valence-electron chi connectivity index (χ4n) is 11.9. The number of nitrogens with zero attached hydrogens (tertiary/aromatic N) is 3. The standard InChI is InChI=1S/C69H48N4.C2H6/c1-3-11-54-51(4-2)57-16-7-17-58-52(26-28-61(54)66(57)58)47-35-45(36-48(39-47)53-27-29-62-56-15-6-5-14-55(56)60-19-8-18-59(53)67(60)62)46-37-49(63(70)30-21-41-20-22-42-12-9-32-71-65(42)34-41)40-50(38-46)64-31-25-44-24-23-43-13-10-33-72-68(43)69(44)73-64;1-2/h3,5-33,35-40H,4,34,70H2,1-2H3;1-2H3/b11-3-,41-21-,63-30-;. The van der Waals surface area contributed by atoms with Crippen molar-refractivity contribution in [2.45, 2.75) is 40.5 Å². The lowest BCUT2D eigenvalue weighted by molar-refractivity contribution is 1.05. The van der Waals surface area contributed by atoms with E-state index in [1.165, 1.54) is 77.2 Å². The summed E-state index contributed by atoms with van der Waals surface area (Å²) < 4.78 is 0. The van der Waals surface area contributed by atoms with Crippen LogP contribution in [0.25, 0.3) is 133 Å². The average molecular weight is 963 g/mol. The van der Waals surface area contributed by atoms with Crippen LogP contribution in [0.2, 0.25) is 0 Å². The molecular formula is C71H54N4. The first kappa shape index (κ1) is 45.6. The Labute approximate surface area is 438 Å². The zero-order valence-electron chi connectivity index (χ0n) is 42.6. The molecule has 2 N–H and O–H groups in total. The van der Waals surface area contributed by atoms with Gasteiger partial charge in [-0.3, -0.25) is 9.97 Å². The minimum Gasteiger partial charge on any atom is -0.398 e. The maximum Gasteiger partial charge on any atom is 0.0972 e. The van der Waals surface area contributed by atoms with Crippen molar-refractivity contribution in [2.75, 3.05) is 0 Å². The van der Waals surface area contributed by atoms with E-state index in [0.29, 0.717) is 5.70 Å². The van der Waals surface area contributed by atoms with Gasteiger partial charge in [0.25, 0.3) is 0 Å². The molecule has 75 heavy (non-hydrogen) atoms. The molecule has 0 aliphatic heterocycles. The zero-order valence-corrected chi connectivity index (χ0v) is 42.6. The van der Waals surface area contributed by atoms with Crippen LogP contribution in [0.5, 0.6) is 0 Å². The van der Waals surface area contributed by atoms with Crippen molar-refractivity contribution >= 4 is 66.3 Å². The smallest absolute Gasteiger partial charge is 0.0972 e. The van der Waals surface area contributed by atoms with Crippen molar-refractivity contribution in [1.29, 1.82) is 0 Å². The van der Waals surface area contributed by atoms with Crippen molar-refractivity contribution in [3.63, 3.8) is 0 Å². The van der Waals surface area contributed by atoms with Gasteiger partial charge in [0.1, 0.15) is 0 Å². The molecule has 4 nitrogen and oxygen atoms in total. The van der Waals surface area contributed by atoms with E-state index >= 15 is 0 Å². The molecule has 3 aliphatic carbocycles. The SMILES string of the molecule is C/C=C\C1=C(CC)c2cccc3c(-c4cc(-c5cc(/C(N)=C/C=C6/C=Cc7cccnc7C6)cc(-c6ccc7ccc8cccnc8c7n6)c5)cc(-c5ccc6c7c(cccc57)-c5ccccc5-6)c4)ccc1c23.CC. The largest absolute Gasteiger partial charge is 0.398 e. The molecule has 14 rings (SSSR count). The number of aromatic nitrogens is 3. The third-order valence-corrected chi connectivity index (χ3v) is 15.3. The summed E-state index contributed by atoms with van der Waals surface area (Å²) in [6, 6.07) is 62.4. The van der Waals surface area contributed by atoms with Crippen LogP contribution < -0.4 is 5.73 Å². The second-order valence-electron chi connectivity index (χ2n) is 19.5. The molecule has 0 saturated carbocycles. The van der Waals surface area contributed by atoms with Crippen molar-refractivity contribution in [3.05, 3.63) is 246 Å². The molecule has 0 unspecified atom stereocenters. The van der Waals surface area contributed by atoms with Crippen molar-refractivity contribution in [1.82, 2.24) is 15.0 Å². The van der Waals surface area contributed by atoms with E-state index in [4.69, 9.17) is 15.7 Å². The van der Waals surface area contributed by atoms with Crippen LogP contribution in [-0.4, -0.2) is 15.0 Å². The number of allylic oxidation sites excluding steroid dienone is 8. The molecule has 0 fully saturated rings. The molecule has 4 heteroatoms. The highest BCUT2D eigenvalue weighted by Crippen LogP contribution is 2.51. The predicted molar refractivity (Wildman–Crippen MR) is 319 cm³/mol. The van der Waals surface area contributed by atoms with Gasteiger partial charge < -0.3 is 5.73 Å². The van der Waals surface area contributed by atoms with Gasteiger partial charge in [0.2, 0.25) is 0 Å². The quantitative estimate of drug-likeness (QED) is 0.154. The van der Waals surface area contributed by atoms with Crippen molar-refractivity contribution in [3.8, 4) is 66.9 Å². The molecule has 3 aliphatic rings. The number of benzene rings is 8. The van der Waals surface area contributed by atoms with Gasteiger partial charge in [0.05, 0.1) is 22.4 Å². The first-order chi connectivity index (χ1) is 37.0. The fourth-order valence-corrected chi connectivity index (χ4v) is 11.9. The summed E-state index contributed by atoms with van der Waals surface area (Å²) in [5.74, 6) is 0. The molecule has 0 amide bonds. The summed E-state index contributed by atoms with van der Waals surface area (Å²) in [6.07, 6.45) is 18.3. The topological polar surface area (TPSA) is 64.7 Å². The van der Waals surface area contributed by atoms with Crippen LogP contribution >= 0.6 is 0 Å². The van der Waals surface area contributed by atoms with Crippen LogP contribution in [0.1, 0.15) is 62.1 Å². The molecule has 0 spiro atoms. The number of rotatable bonds is 8. The minimum absolute atomic E-state index is 0.663. The second kappa shape index (κ2) is 18.7. The summed E-state index contributed by atoms with van der Waals surface area (Å²) in [7, 11) is 0. The van der Waals surface area contributed by atoms with Gasteiger partial charge in [-0.25, -0.2) is 4.98 Å². The van der Waals surface area contributed by atoms with Crippen LogP contribution in [-0.2, 0) is 6.42 Å². The molecule has 11 aromatic rings. The van der Waals surface area contributed by atoms with Crippen LogP contribution in [0.3, 0.4) is 0 Å². The first-order valence-electron chi connectivity index (χ1n) is 26.3. The maximum absolute atomic E-state index is 7.23. The second-order valence-corrected chi connectivity index (χ2v) is 19.5. The number of pyridine rings is 3. The molecule has 8 aromatic carbocycles. The summed E-state index contributed by atoms with van der Waals surface area (Å²) in [6.45, 7) is 8.39. The van der Waals surface area contributed by atoms with Gasteiger partial charge >= 0.3 is 0 Å². The highest BCUT2D eigenvalue weighted by Gasteiger charge is 2.26. The molecule has 0 bridgehead atoms. The fraction of sp³-hybridized carbons (Fsp3) is 0.0845. The number of hydrogen-bond donors (Lipinski definition) is 1. The number of hydrogen-bond acceptors (Lipinski definition) is 4. The van der Waals surface area contributed by atoms with Gasteiger partial charge in [0.15, 0.2) is 0 Å². The highest BCUT2D eigenvalue weighted by molar-refractivity contribution is 6.20. The molecule has 0 saturated heterocycles. The van der Waals surface area contributed by atoms with Gasteiger partial charge in [-0.15, -0.1) is 0 Å². The lowest BCUT2D eigenvalue weighted by atomic mass is 9.87. The maximum atomic E-state index is 7.23. The van der Waals surface area contributed by atoms with E-state index in [1.807, 2.05) is 44.4 Å². The normalized spacial score (nSPS) is 13.9. The monoisotopic (exact) mass is 962 g/mol. The van der Waals surface area contributed by atoms with Crippen LogP contribution in [0.15, 0.2) is 218 Å². The van der Waals surface area contributed by atoms with E-state index in [2.05, 4.69) is 207 Å². The van der Waals surface area contributed by atoms with E-state index in [0.717, 1.165) is 90.6 Å². The lowest BCUT2D eigenvalue weighted by Gasteiger charge is -2.17. The van der Waals surface area contributed by atoms with Gasteiger partial charge in [-0.2, -0.15) is 0 Å². The van der Waals surface area contributed by atoms with E-state index < -0.39 is 0 Å². The Morgan fingerprint density at radius 1 is 0.533 bits per heavy atom. The number of nitrogens with two attached hydrogens (primary N) is 1. The third kappa shape index (κ3) is 7.63. The molecule has 358 valence electrons. The third-order valence-electron chi connectivity index (χ3n) is 15.3. The average Bonchev–Trinajstić information content (AvgIpc) is 3.98. The van der Waals surface area contributed by atoms with Gasteiger partial charge in [-0.05, 0) is 190 Å². The van der Waals surface area contributed by atoms with Crippen LogP contribution in [0, 0.1) is 0 Å². The van der Waals surface area contributed by atoms with Gasteiger partial charge in [0, 0.05) is 40.8 Å². The van der Waals surface area contributed by atoms with Gasteiger partial charge in [-0.1, -0.05) is 166 Å². The highest BCUT2D eigenvalue weighted by atomic mass is 14.8. The molecule has 3 aromatic heterocycles. The molecule has 3 heterocycles. The summed E-state index contributed by atoms with van der Waals surface area (Å²) in [5.41, 5.74) is 33.1. The lowest BCUT2D eigenvalue weighted by Crippen LogP contribution is -2.01. The Bertz CT molecular complexity index is 4320. The first-order valence-corrected chi connectivity index (χ1v) is 26.3. The Morgan fingerprint density at radius 3 is 1.89 bits per heavy atom. The Morgan fingerprint density at radius 2 is 1.13 bits per heavy atom. The molecule has 0 atom stereocenters. The van der Waals surface area contributed by atoms with E-state index in [9.17, 15) is 0 Å². The van der Waals surface area contributed by atoms with E-state index in [-0.39, 0.29) is 0 Å². The summed E-state index contributed by atoms with van der Waals surface area (Å²) in [5, 5.41) is 7.23.